The molecule has 1 N–H and O–H groups in total. The monoisotopic (exact) mass is 254 g/mol. The van der Waals surface area contributed by atoms with Crippen molar-refractivity contribution in [3.8, 4) is 0 Å². The van der Waals surface area contributed by atoms with Crippen molar-refractivity contribution in [2.75, 3.05) is 0 Å². The molecule has 1 aliphatic rings. The van der Waals surface area contributed by atoms with Crippen molar-refractivity contribution < 1.29 is 9.90 Å². The molecule has 106 valence electrons. The van der Waals surface area contributed by atoms with Crippen molar-refractivity contribution in [1.82, 2.24) is 0 Å². The molecule has 0 bridgehead atoms. The topological polar surface area (TPSA) is 37.3 Å². The summed E-state index contributed by atoms with van der Waals surface area (Å²) in [6, 6.07) is 0. The summed E-state index contributed by atoms with van der Waals surface area (Å²) in [5.41, 5.74) is 0. The van der Waals surface area contributed by atoms with E-state index in [9.17, 15) is 9.90 Å². The number of carboxylic acids is 1. The molecule has 0 heterocycles. The predicted octanol–water partition coefficient (Wildman–Crippen LogP) is 4.87. The van der Waals surface area contributed by atoms with E-state index in [-0.39, 0.29) is 5.92 Å². The molecule has 1 rings (SSSR count). The summed E-state index contributed by atoms with van der Waals surface area (Å²) in [6.07, 6.45) is 11.8. The lowest BCUT2D eigenvalue weighted by molar-refractivity contribution is -0.144. The summed E-state index contributed by atoms with van der Waals surface area (Å²) in [5, 5.41) is 9.40. The molecule has 2 heteroatoms. The van der Waals surface area contributed by atoms with Crippen LogP contribution in [0.2, 0.25) is 0 Å². The van der Waals surface area contributed by atoms with E-state index in [1.807, 2.05) is 0 Å². The molecule has 1 saturated carbocycles. The molecule has 0 amide bonds. The lowest BCUT2D eigenvalue weighted by Gasteiger charge is -2.26. The highest BCUT2D eigenvalue weighted by atomic mass is 16.4. The molecule has 0 aromatic heterocycles. The van der Waals surface area contributed by atoms with Gasteiger partial charge < -0.3 is 5.11 Å². The van der Waals surface area contributed by atoms with Crippen LogP contribution in [-0.4, -0.2) is 11.1 Å². The van der Waals surface area contributed by atoms with Crippen molar-refractivity contribution >= 4 is 5.97 Å². The van der Waals surface area contributed by atoms with Gasteiger partial charge in [-0.1, -0.05) is 58.8 Å². The Balaban J connectivity index is 2.55. The zero-order chi connectivity index (χ0) is 13.4. The summed E-state index contributed by atoms with van der Waals surface area (Å²) in [7, 11) is 0. The maximum atomic E-state index is 11.4. The second-order valence-corrected chi connectivity index (χ2v) is 6.00. The van der Waals surface area contributed by atoms with E-state index in [0.29, 0.717) is 5.92 Å². The minimum absolute atomic E-state index is 0.0665. The van der Waals surface area contributed by atoms with Crippen molar-refractivity contribution in [2.24, 2.45) is 17.8 Å². The average molecular weight is 254 g/mol. The summed E-state index contributed by atoms with van der Waals surface area (Å²) in [4.78, 5) is 11.4. The third-order valence-electron chi connectivity index (χ3n) is 4.66. The first-order chi connectivity index (χ1) is 8.69. The molecule has 0 radical (unpaired) electrons. The average Bonchev–Trinajstić information content (AvgIpc) is 2.59. The zero-order valence-corrected chi connectivity index (χ0v) is 12.2. The molecule has 3 atom stereocenters. The Morgan fingerprint density at radius 1 is 1.22 bits per heavy atom. The zero-order valence-electron chi connectivity index (χ0n) is 12.2. The van der Waals surface area contributed by atoms with Crippen LogP contribution in [-0.2, 0) is 4.79 Å². The number of carbonyl (C=O) groups is 1. The first-order valence-electron chi connectivity index (χ1n) is 7.91. The number of unbranched alkanes of at least 4 members (excludes halogenated alkanes) is 1. The predicted molar refractivity (Wildman–Crippen MR) is 75.6 cm³/mol. The second-order valence-electron chi connectivity index (χ2n) is 6.00. The molecule has 2 nitrogen and oxygen atoms in total. The minimum Gasteiger partial charge on any atom is -0.481 e. The second kappa shape index (κ2) is 8.55. The van der Waals surface area contributed by atoms with Crippen molar-refractivity contribution in [2.45, 2.75) is 78.1 Å². The van der Waals surface area contributed by atoms with E-state index in [0.717, 1.165) is 31.6 Å². The van der Waals surface area contributed by atoms with E-state index in [1.165, 1.54) is 38.5 Å². The smallest absolute Gasteiger partial charge is 0.306 e. The Morgan fingerprint density at radius 3 is 2.56 bits per heavy atom. The molecule has 1 aliphatic carbocycles. The standard InChI is InChI=1S/C16H30O2/c1-3-5-9-13(4-2)12-14-10-7-6-8-11-15(14)16(17)18/h13-15H,3-12H2,1-2H3,(H,17,18). The maximum absolute atomic E-state index is 11.4. The van der Waals surface area contributed by atoms with Gasteiger partial charge in [-0.05, 0) is 31.1 Å². The van der Waals surface area contributed by atoms with Crippen LogP contribution in [0.5, 0.6) is 0 Å². The van der Waals surface area contributed by atoms with Gasteiger partial charge >= 0.3 is 5.97 Å². The Labute approximate surface area is 112 Å². The number of aliphatic carboxylic acids is 1. The Bertz CT molecular complexity index is 237. The fraction of sp³-hybridized carbons (Fsp3) is 0.938. The van der Waals surface area contributed by atoms with Crippen LogP contribution in [0.25, 0.3) is 0 Å². The van der Waals surface area contributed by atoms with Crippen LogP contribution in [0.4, 0.5) is 0 Å². The highest BCUT2D eigenvalue weighted by molar-refractivity contribution is 5.70. The highest BCUT2D eigenvalue weighted by Crippen LogP contribution is 2.35. The van der Waals surface area contributed by atoms with E-state index >= 15 is 0 Å². The van der Waals surface area contributed by atoms with Crippen LogP contribution in [0.15, 0.2) is 0 Å². The fourth-order valence-corrected chi connectivity index (χ4v) is 3.40. The van der Waals surface area contributed by atoms with Gasteiger partial charge in [-0.3, -0.25) is 4.79 Å². The van der Waals surface area contributed by atoms with Crippen molar-refractivity contribution in [3.63, 3.8) is 0 Å². The van der Waals surface area contributed by atoms with Gasteiger partial charge in [0.15, 0.2) is 0 Å². The van der Waals surface area contributed by atoms with Crippen LogP contribution < -0.4 is 0 Å². The van der Waals surface area contributed by atoms with Crippen LogP contribution in [0.1, 0.15) is 78.1 Å². The third kappa shape index (κ3) is 4.99. The number of rotatable bonds is 7. The van der Waals surface area contributed by atoms with Gasteiger partial charge in [0, 0.05) is 0 Å². The molecule has 18 heavy (non-hydrogen) atoms. The maximum Gasteiger partial charge on any atom is 0.306 e. The first kappa shape index (κ1) is 15.5. The molecule has 3 unspecified atom stereocenters. The molecular weight excluding hydrogens is 224 g/mol. The Kier molecular flexibility index (Phi) is 7.38. The Hall–Kier alpha value is -0.530. The highest BCUT2D eigenvalue weighted by Gasteiger charge is 2.30. The van der Waals surface area contributed by atoms with Gasteiger partial charge in [0.1, 0.15) is 0 Å². The number of carboxylic acid groups (broad SMARTS) is 1. The van der Waals surface area contributed by atoms with Gasteiger partial charge in [-0.25, -0.2) is 0 Å². The van der Waals surface area contributed by atoms with Gasteiger partial charge in [-0.15, -0.1) is 0 Å². The number of hydrogen-bond donors (Lipinski definition) is 1. The minimum atomic E-state index is -0.549. The number of hydrogen-bond acceptors (Lipinski definition) is 1. The van der Waals surface area contributed by atoms with Crippen molar-refractivity contribution in [3.05, 3.63) is 0 Å². The lowest BCUT2D eigenvalue weighted by atomic mass is 9.79. The largest absolute Gasteiger partial charge is 0.481 e. The molecule has 0 aliphatic heterocycles. The van der Waals surface area contributed by atoms with Gasteiger partial charge in [-0.2, -0.15) is 0 Å². The van der Waals surface area contributed by atoms with Crippen LogP contribution in [0, 0.1) is 17.8 Å². The van der Waals surface area contributed by atoms with E-state index in [4.69, 9.17) is 0 Å². The molecular formula is C16H30O2. The molecule has 0 aromatic carbocycles. The van der Waals surface area contributed by atoms with E-state index in [1.54, 1.807) is 0 Å². The molecule has 0 spiro atoms. The molecule has 1 fully saturated rings. The van der Waals surface area contributed by atoms with Crippen molar-refractivity contribution in [1.29, 1.82) is 0 Å². The van der Waals surface area contributed by atoms with Crippen LogP contribution >= 0.6 is 0 Å². The SMILES string of the molecule is CCCCC(CC)CC1CCCCCC1C(=O)O. The normalized spacial score (nSPS) is 26.6. The summed E-state index contributed by atoms with van der Waals surface area (Å²) in [6.45, 7) is 4.49. The summed E-state index contributed by atoms with van der Waals surface area (Å²) in [5.74, 6) is 0.567. The van der Waals surface area contributed by atoms with Gasteiger partial charge in [0.25, 0.3) is 0 Å². The summed E-state index contributed by atoms with van der Waals surface area (Å²) >= 11 is 0. The quantitative estimate of drug-likeness (QED) is 0.658. The Morgan fingerprint density at radius 2 is 1.94 bits per heavy atom. The summed E-state index contributed by atoms with van der Waals surface area (Å²) < 4.78 is 0. The van der Waals surface area contributed by atoms with Gasteiger partial charge in [0.05, 0.1) is 5.92 Å². The van der Waals surface area contributed by atoms with E-state index in [2.05, 4.69) is 13.8 Å². The van der Waals surface area contributed by atoms with E-state index < -0.39 is 5.97 Å². The molecule has 0 aromatic rings. The lowest BCUT2D eigenvalue weighted by Crippen LogP contribution is -2.24. The van der Waals surface area contributed by atoms with Crippen LogP contribution in [0.3, 0.4) is 0 Å². The fourth-order valence-electron chi connectivity index (χ4n) is 3.40. The van der Waals surface area contributed by atoms with Gasteiger partial charge in [0.2, 0.25) is 0 Å². The molecule has 0 saturated heterocycles. The first-order valence-corrected chi connectivity index (χ1v) is 7.91. The third-order valence-corrected chi connectivity index (χ3v) is 4.66.